The molecule has 0 aromatic carbocycles. The first-order valence-corrected chi connectivity index (χ1v) is 9.67. The first-order valence-electron chi connectivity index (χ1n) is 9.67. The van der Waals surface area contributed by atoms with Crippen LogP contribution in [0.4, 0.5) is 5.95 Å². The summed E-state index contributed by atoms with van der Waals surface area (Å²) in [5, 5.41) is 6.96. The minimum Gasteiger partial charge on any atom is -0.376 e. The molecule has 2 aromatic rings. The number of hydrogen-bond donors (Lipinski definition) is 1. The van der Waals surface area contributed by atoms with Gasteiger partial charge in [-0.05, 0) is 19.3 Å². The molecule has 4 heterocycles. The normalized spacial score (nSPS) is 19.6. The zero-order chi connectivity index (χ0) is 18.6. The molecule has 0 aliphatic carbocycles. The zero-order valence-electron chi connectivity index (χ0n) is 15.6. The quantitative estimate of drug-likeness (QED) is 0.858. The fraction of sp³-hybridized carbons (Fsp3) is 0.579. The highest BCUT2D eigenvalue weighted by atomic mass is 16.5. The molecular formula is C19H25N5O3. The first-order chi connectivity index (χ1) is 13.2. The zero-order valence-corrected chi connectivity index (χ0v) is 15.6. The van der Waals surface area contributed by atoms with Crippen LogP contribution in [0, 0.1) is 0 Å². The van der Waals surface area contributed by atoms with Crippen molar-refractivity contribution in [3.8, 4) is 0 Å². The second-order valence-corrected chi connectivity index (χ2v) is 7.13. The maximum Gasteiger partial charge on any atom is 0.273 e. The third-order valence-electron chi connectivity index (χ3n) is 5.01. The molecule has 1 fully saturated rings. The third kappa shape index (κ3) is 4.10. The lowest BCUT2D eigenvalue weighted by Crippen LogP contribution is -2.48. The molecule has 1 saturated heterocycles. The average molecular weight is 371 g/mol. The van der Waals surface area contributed by atoms with Crippen LogP contribution in [-0.4, -0.2) is 46.8 Å². The van der Waals surface area contributed by atoms with Crippen LogP contribution in [0.3, 0.4) is 0 Å². The van der Waals surface area contributed by atoms with Crippen molar-refractivity contribution >= 4 is 11.9 Å². The highest BCUT2D eigenvalue weighted by Crippen LogP contribution is 2.20. The van der Waals surface area contributed by atoms with E-state index < -0.39 is 0 Å². The Balaban J connectivity index is 1.39. The number of nitrogens with one attached hydrogen (secondary N) is 1. The lowest BCUT2D eigenvalue weighted by Gasteiger charge is -2.33. The Bertz CT molecular complexity index is 806. The number of hydrogen-bond acceptors (Lipinski definition) is 7. The van der Waals surface area contributed by atoms with E-state index in [4.69, 9.17) is 14.2 Å². The Labute approximate surface area is 158 Å². The summed E-state index contributed by atoms with van der Waals surface area (Å²) in [6.07, 6.45) is 6.35. The molecule has 0 saturated carbocycles. The van der Waals surface area contributed by atoms with Gasteiger partial charge in [-0.15, -0.1) is 0 Å². The molecule has 2 aromatic heterocycles. The lowest BCUT2D eigenvalue weighted by molar-refractivity contribution is 0.0923. The highest BCUT2D eigenvalue weighted by Gasteiger charge is 2.25. The summed E-state index contributed by atoms with van der Waals surface area (Å²) in [6.45, 7) is 4.95. The van der Waals surface area contributed by atoms with Crippen molar-refractivity contribution in [3.05, 3.63) is 35.0 Å². The molecule has 8 nitrogen and oxygen atoms in total. The molecule has 0 radical (unpaired) electrons. The smallest absolute Gasteiger partial charge is 0.273 e. The Morgan fingerprint density at radius 3 is 3.26 bits per heavy atom. The number of aromatic nitrogens is 3. The minimum absolute atomic E-state index is 0.0422. The van der Waals surface area contributed by atoms with Gasteiger partial charge in [0.2, 0.25) is 5.95 Å². The van der Waals surface area contributed by atoms with Crippen molar-refractivity contribution in [2.75, 3.05) is 24.6 Å². The van der Waals surface area contributed by atoms with Gasteiger partial charge in [0.05, 0.1) is 18.9 Å². The molecule has 1 amide bonds. The van der Waals surface area contributed by atoms with Crippen LogP contribution in [-0.2, 0) is 24.2 Å². The number of anilines is 1. The summed E-state index contributed by atoms with van der Waals surface area (Å²) < 4.78 is 10.7. The molecule has 8 heteroatoms. The van der Waals surface area contributed by atoms with E-state index in [1.807, 2.05) is 6.20 Å². The number of ether oxygens (including phenoxy) is 1. The predicted octanol–water partition coefficient (Wildman–Crippen LogP) is 1.89. The maximum absolute atomic E-state index is 12.5. The molecule has 1 N–H and O–H groups in total. The van der Waals surface area contributed by atoms with Crippen molar-refractivity contribution in [2.45, 2.75) is 51.7 Å². The van der Waals surface area contributed by atoms with E-state index in [0.717, 1.165) is 61.6 Å². The van der Waals surface area contributed by atoms with Crippen molar-refractivity contribution in [1.82, 2.24) is 20.4 Å². The van der Waals surface area contributed by atoms with E-state index in [9.17, 15) is 4.79 Å². The Hall–Kier alpha value is -2.48. The summed E-state index contributed by atoms with van der Waals surface area (Å²) >= 11 is 0. The molecule has 1 atom stereocenters. The SMILES string of the molecule is CCCc1cc(C(=O)N[C@H]2CCCN(c3ncc4c(n3)CCOC4)C2)no1. The summed E-state index contributed by atoms with van der Waals surface area (Å²) in [5.41, 5.74) is 2.49. The van der Waals surface area contributed by atoms with Crippen LogP contribution in [0.5, 0.6) is 0 Å². The first kappa shape index (κ1) is 17.9. The summed E-state index contributed by atoms with van der Waals surface area (Å²) in [5.74, 6) is 1.30. The van der Waals surface area contributed by atoms with Crippen LogP contribution >= 0.6 is 0 Å². The molecule has 2 aliphatic rings. The second kappa shape index (κ2) is 8.04. The van der Waals surface area contributed by atoms with E-state index in [-0.39, 0.29) is 11.9 Å². The van der Waals surface area contributed by atoms with Gasteiger partial charge in [-0.25, -0.2) is 9.97 Å². The maximum atomic E-state index is 12.5. The van der Waals surface area contributed by atoms with Gasteiger partial charge in [0.15, 0.2) is 5.69 Å². The van der Waals surface area contributed by atoms with E-state index in [1.165, 1.54) is 0 Å². The predicted molar refractivity (Wildman–Crippen MR) is 98.6 cm³/mol. The Morgan fingerprint density at radius 2 is 2.37 bits per heavy atom. The van der Waals surface area contributed by atoms with Gasteiger partial charge in [0.25, 0.3) is 5.91 Å². The number of rotatable bonds is 5. The molecule has 0 bridgehead atoms. The number of fused-ring (bicyclic) bond motifs is 1. The third-order valence-corrected chi connectivity index (χ3v) is 5.01. The fourth-order valence-electron chi connectivity index (χ4n) is 3.59. The molecular weight excluding hydrogens is 346 g/mol. The van der Waals surface area contributed by atoms with E-state index in [0.29, 0.717) is 25.5 Å². The number of amides is 1. The van der Waals surface area contributed by atoms with Gasteiger partial charge in [-0.2, -0.15) is 0 Å². The van der Waals surface area contributed by atoms with Crippen LogP contribution in [0.2, 0.25) is 0 Å². The lowest BCUT2D eigenvalue weighted by atomic mass is 10.1. The number of carbonyl (C=O) groups excluding carboxylic acids is 1. The molecule has 4 rings (SSSR count). The largest absolute Gasteiger partial charge is 0.376 e. The summed E-state index contributed by atoms with van der Waals surface area (Å²) in [6, 6.07) is 1.77. The van der Waals surface area contributed by atoms with Crippen molar-refractivity contribution < 1.29 is 14.1 Å². The van der Waals surface area contributed by atoms with E-state index in [2.05, 4.69) is 27.3 Å². The molecule has 0 spiro atoms. The Kier molecular flexibility index (Phi) is 5.33. The van der Waals surface area contributed by atoms with Crippen molar-refractivity contribution in [1.29, 1.82) is 0 Å². The minimum atomic E-state index is -0.184. The van der Waals surface area contributed by atoms with Gasteiger partial charge in [-0.3, -0.25) is 4.79 Å². The molecule has 2 aliphatic heterocycles. The topological polar surface area (TPSA) is 93.4 Å². The standard InChI is InChI=1S/C19H25N5O3/c1-2-4-15-9-17(23-27-15)18(25)21-14-5-3-7-24(11-14)19-20-10-13-12-26-8-6-16(13)22-19/h9-10,14H,2-8,11-12H2,1H3,(H,21,25)/t14-/m0/s1. The number of nitrogens with zero attached hydrogens (tertiary/aromatic N) is 4. The van der Waals surface area contributed by atoms with Gasteiger partial charge >= 0.3 is 0 Å². The van der Waals surface area contributed by atoms with Crippen LogP contribution < -0.4 is 10.2 Å². The Morgan fingerprint density at radius 1 is 1.44 bits per heavy atom. The van der Waals surface area contributed by atoms with Crippen molar-refractivity contribution in [3.63, 3.8) is 0 Å². The van der Waals surface area contributed by atoms with Crippen LogP contribution in [0.25, 0.3) is 0 Å². The van der Waals surface area contributed by atoms with Gasteiger partial charge < -0.3 is 19.5 Å². The van der Waals surface area contributed by atoms with Crippen LogP contribution in [0.15, 0.2) is 16.8 Å². The number of piperidine rings is 1. The molecule has 144 valence electrons. The van der Waals surface area contributed by atoms with Gasteiger partial charge in [0, 0.05) is 49.8 Å². The van der Waals surface area contributed by atoms with Gasteiger partial charge in [-0.1, -0.05) is 12.1 Å². The average Bonchev–Trinajstić information content (AvgIpc) is 3.17. The summed E-state index contributed by atoms with van der Waals surface area (Å²) in [4.78, 5) is 23.8. The van der Waals surface area contributed by atoms with Crippen molar-refractivity contribution in [2.24, 2.45) is 0 Å². The second-order valence-electron chi connectivity index (χ2n) is 7.13. The molecule has 27 heavy (non-hydrogen) atoms. The van der Waals surface area contributed by atoms with E-state index in [1.54, 1.807) is 6.07 Å². The summed E-state index contributed by atoms with van der Waals surface area (Å²) in [7, 11) is 0. The van der Waals surface area contributed by atoms with E-state index >= 15 is 0 Å². The van der Waals surface area contributed by atoms with Gasteiger partial charge in [0.1, 0.15) is 5.76 Å². The number of aryl methyl sites for hydroxylation is 1. The van der Waals surface area contributed by atoms with Crippen LogP contribution in [0.1, 0.15) is 53.7 Å². The fourth-order valence-corrected chi connectivity index (χ4v) is 3.59. The number of carbonyl (C=O) groups is 1. The molecule has 0 unspecified atom stereocenters. The highest BCUT2D eigenvalue weighted by molar-refractivity contribution is 5.92. The monoisotopic (exact) mass is 371 g/mol.